The number of benzene rings is 1. The number of nitro groups is 1. The third-order valence-corrected chi connectivity index (χ3v) is 3.29. The van der Waals surface area contributed by atoms with E-state index >= 15 is 0 Å². The number of nitrogens with zero attached hydrogens (tertiary/aromatic N) is 2. The quantitative estimate of drug-likeness (QED) is 0.463. The van der Waals surface area contributed by atoms with Crippen molar-refractivity contribution in [3.63, 3.8) is 0 Å². The molecule has 0 fully saturated rings. The molecule has 9 nitrogen and oxygen atoms in total. The van der Waals surface area contributed by atoms with Crippen molar-refractivity contribution >= 4 is 23.5 Å². The van der Waals surface area contributed by atoms with Gasteiger partial charge in [-0.2, -0.15) is 0 Å². The van der Waals surface area contributed by atoms with E-state index < -0.39 is 28.9 Å². The van der Waals surface area contributed by atoms with Gasteiger partial charge in [0, 0.05) is 24.2 Å². The summed E-state index contributed by atoms with van der Waals surface area (Å²) in [7, 11) is 1.41. The topological polar surface area (TPSA) is 119 Å². The molecule has 0 spiro atoms. The van der Waals surface area contributed by atoms with E-state index in [1.54, 1.807) is 6.92 Å². The molecule has 0 bridgehead atoms. The van der Waals surface area contributed by atoms with E-state index in [0.29, 0.717) is 5.56 Å². The lowest BCUT2D eigenvalue weighted by atomic mass is 10.1. The monoisotopic (exact) mass is 365 g/mol. The first-order valence-corrected chi connectivity index (χ1v) is 7.88. The standard InChI is InChI=1S/C17H23N3O6/c1-11-6-7-12(8-13(11)20(24)25)16(23)26-10-15(22)19(5)9-14(21)18-17(2,3)4/h6-8H,9-10H2,1-5H3,(H,18,21). The fourth-order valence-electron chi connectivity index (χ4n) is 2.02. The van der Waals surface area contributed by atoms with Gasteiger partial charge in [-0.15, -0.1) is 0 Å². The lowest BCUT2D eigenvalue weighted by molar-refractivity contribution is -0.385. The van der Waals surface area contributed by atoms with Crippen LogP contribution in [0.3, 0.4) is 0 Å². The smallest absolute Gasteiger partial charge is 0.338 e. The van der Waals surface area contributed by atoms with Crippen molar-refractivity contribution in [2.45, 2.75) is 33.2 Å². The summed E-state index contributed by atoms with van der Waals surface area (Å²) in [6.07, 6.45) is 0. The van der Waals surface area contributed by atoms with Gasteiger partial charge in [-0.25, -0.2) is 4.79 Å². The second-order valence-electron chi connectivity index (χ2n) is 6.88. The Morgan fingerprint density at radius 1 is 1.27 bits per heavy atom. The summed E-state index contributed by atoms with van der Waals surface area (Å²) in [6.45, 7) is 6.25. The molecular formula is C17H23N3O6. The van der Waals surface area contributed by atoms with Crippen molar-refractivity contribution in [2.75, 3.05) is 20.2 Å². The van der Waals surface area contributed by atoms with Crippen LogP contribution in [0.25, 0.3) is 0 Å². The van der Waals surface area contributed by atoms with E-state index in [1.165, 1.54) is 19.2 Å². The second-order valence-corrected chi connectivity index (χ2v) is 6.88. The van der Waals surface area contributed by atoms with Crippen LogP contribution in [0.15, 0.2) is 18.2 Å². The van der Waals surface area contributed by atoms with Crippen LogP contribution in [0.4, 0.5) is 5.69 Å². The highest BCUT2D eigenvalue weighted by Crippen LogP contribution is 2.19. The zero-order valence-corrected chi connectivity index (χ0v) is 15.5. The zero-order valence-electron chi connectivity index (χ0n) is 15.5. The Morgan fingerprint density at radius 2 is 1.88 bits per heavy atom. The van der Waals surface area contributed by atoms with E-state index in [0.717, 1.165) is 11.0 Å². The number of carbonyl (C=O) groups excluding carboxylic acids is 3. The van der Waals surface area contributed by atoms with Gasteiger partial charge in [0.25, 0.3) is 11.6 Å². The maximum atomic E-state index is 12.0. The van der Waals surface area contributed by atoms with E-state index in [4.69, 9.17) is 4.74 Å². The van der Waals surface area contributed by atoms with Gasteiger partial charge in [-0.05, 0) is 33.8 Å². The SMILES string of the molecule is Cc1ccc(C(=O)OCC(=O)N(C)CC(=O)NC(C)(C)C)cc1[N+](=O)[O-]. The van der Waals surface area contributed by atoms with Gasteiger partial charge in [0.1, 0.15) is 0 Å². The van der Waals surface area contributed by atoms with Gasteiger partial charge >= 0.3 is 5.97 Å². The largest absolute Gasteiger partial charge is 0.452 e. The number of carbonyl (C=O) groups is 3. The van der Waals surface area contributed by atoms with Crippen LogP contribution >= 0.6 is 0 Å². The Hall–Kier alpha value is -2.97. The number of ether oxygens (including phenoxy) is 1. The first-order valence-electron chi connectivity index (χ1n) is 7.88. The predicted octanol–water partition coefficient (Wildman–Crippen LogP) is 1.43. The third-order valence-electron chi connectivity index (χ3n) is 3.29. The normalized spacial score (nSPS) is 10.8. The van der Waals surface area contributed by atoms with Crippen LogP contribution < -0.4 is 5.32 Å². The molecule has 0 aromatic heterocycles. The Kier molecular flexibility index (Phi) is 6.82. The molecule has 0 aliphatic heterocycles. The molecule has 0 atom stereocenters. The summed E-state index contributed by atoms with van der Waals surface area (Å²) < 4.78 is 4.88. The highest BCUT2D eigenvalue weighted by molar-refractivity contribution is 5.92. The summed E-state index contributed by atoms with van der Waals surface area (Å²) >= 11 is 0. The van der Waals surface area contributed by atoms with Crippen LogP contribution in [0.2, 0.25) is 0 Å². The van der Waals surface area contributed by atoms with Gasteiger partial charge < -0.3 is 15.0 Å². The summed E-state index contributed by atoms with van der Waals surface area (Å²) in [6, 6.07) is 3.91. The molecule has 26 heavy (non-hydrogen) atoms. The number of rotatable bonds is 6. The number of esters is 1. The van der Waals surface area contributed by atoms with Crippen molar-refractivity contribution in [2.24, 2.45) is 0 Å². The number of nitro benzene ring substituents is 1. The fourth-order valence-corrected chi connectivity index (χ4v) is 2.02. The van der Waals surface area contributed by atoms with Crippen molar-refractivity contribution < 1.29 is 24.0 Å². The maximum Gasteiger partial charge on any atom is 0.338 e. The molecule has 9 heteroatoms. The molecule has 1 aromatic rings. The molecule has 0 saturated carbocycles. The maximum absolute atomic E-state index is 12.0. The number of hydrogen-bond acceptors (Lipinski definition) is 6. The molecule has 1 rings (SSSR count). The van der Waals surface area contributed by atoms with Crippen LogP contribution in [0.5, 0.6) is 0 Å². The highest BCUT2D eigenvalue weighted by Gasteiger charge is 2.20. The predicted molar refractivity (Wildman–Crippen MR) is 93.6 cm³/mol. The molecule has 1 aromatic carbocycles. The average molecular weight is 365 g/mol. The fraction of sp³-hybridized carbons (Fsp3) is 0.471. The molecule has 0 unspecified atom stereocenters. The Morgan fingerprint density at radius 3 is 2.42 bits per heavy atom. The molecular weight excluding hydrogens is 342 g/mol. The van der Waals surface area contributed by atoms with Crippen LogP contribution in [-0.4, -0.2) is 53.3 Å². The summed E-state index contributed by atoms with van der Waals surface area (Å²) in [5.41, 5.74) is -0.245. The van der Waals surface area contributed by atoms with E-state index in [9.17, 15) is 24.5 Å². The average Bonchev–Trinajstić information content (AvgIpc) is 2.50. The van der Waals surface area contributed by atoms with E-state index in [-0.39, 0.29) is 23.7 Å². The van der Waals surface area contributed by atoms with Gasteiger partial charge in [0.05, 0.1) is 17.0 Å². The highest BCUT2D eigenvalue weighted by atomic mass is 16.6. The van der Waals surface area contributed by atoms with Gasteiger partial charge in [0.2, 0.25) is 5.91 Å². The molecule has 2 amide bonds. The molecule has 0 aliphatic carbocycles. The summed E-state index contributed by atoms with van der Waals surface area (Å²) in [5.74, 6) is -1.76. The minimum Gasteiger partial charge on any atom is -0.452 e. The second kappa shape index (κ2) is 8.41. The molecule has 0 aliphatic rings. The molecule has 0 heterocycles. The zero-order chi connectivity index (χ0) is 20.1. The lowest BCUT2D eigenvalue weighted by Crippen LogP contribution is -2.46. The summed E-state index contributed by atoms with van der Waals surface area (Å²) in [4.78, 5) is 47.2. The van der Waals surface area contributed by atoms with Crippen molar-refractivity contribution in [3.05, 3.63) is 39.4 Å². The number of hydrogen-bond donors (Lipinski definition) is 1. The molecule has 0 radical (unpaired) electrons. The third kappa shape index (κ3) is 6.50. The van der Waals surface area contributed by atoms with Crippen molar-refractivity contribution in [1.29, 1.82) is 0 Å². The first-order chi connectivity index (χ1) is 11.9. The number of amides is 2. The van der Waals surface area contributed by atoms with Crippen molar-refractivity contribution in [1.82, 2.24) is 10.2 Å². The van der Waals surface area contributed by atoms with Crippen LogP contribution in [0.1, 0.15) is 36.7 Å². The van der Waals surface area contributed by atoms with Gasteiger partial charge in [-0.1, -0.05) is 6.07 Å². The minimum atomic E-state index is -0.853. The first kappa shape index (κ1) is 21.1. The minimum absolute atomic E-state index is 0.0248. The lowest BCUT2D eigenvalue weighted by Gasteiger charge is -2.23. The molecule has 0 saturated heterocycles. The summed E-state index contributed by atoms with van der Waals surface area (Å²) in [5, 5.41) is 13.6. The van der Waals surface area contributed by atoms with Crippen molar-refractivity contribution in [3.8, 4) is 0 Å². The Balaban J connectivity index is 2.61. The number of nitrogens with one attached hydrogen (secondary N) is 1. The van der Waals surface area contributed by atoms with Crippen LogP contribution in [0, 0.1) is 17.0 Å². The Bertz CT molecular complexity index is 724. The van der Waals surface area contributed by atoms with Gasteiger partial charge in [-0.3, -0.25) is 19.7 Å². The number of likely N-dealkylation sites (N-methyl/N-ethyl adjacent to an activating group) is 1. The van der Waals surface area contributed by atoms with Crippen LogP contribution in [-0.2, 0) is 14.3 Å². The van der Waals surface area contributed by atoms with E-state index in [1.807, 2.05) is 20.8 Å². The molecule has 1 N–H and O–H groups in total. The van der Waals surface area contributed by atoms with Gasteiger partial charge in [0.15, 0.2) is 6.61 Å². The molecule has 142 valence electrons. The number of aryl methyl sites for hydroxylation is 1. The van der Waals surface area contributed by atoms with E-state index in [2.05, 4.69) is 5.32 Å². The Labute approximate surface area is 151 Å².